The molecule has 558 valence electrons. The van der Waals surface area contributed by atoms with Crippen LogP contribution in [0.2, 0.25) is 0 Å². The molecule has 0 rings (SSSR count). The molecule has 0 amide bonds. The van der Waals surface area contributed by atoms with E-state index in [1.54, 1.807) is 0 Å². The lowest BCUT2D eigenvalue weighted by molar-refractivity contribution is -0.161. The fraction of sp³-hybridized carbons (Fsp3) is 0.947. The molecule has 0 bridgehead atoms. The predicted octanol–water partition coefficient (Wildman–Crippen LogP) is 21.7. The topological polar surface area (TPSA) is 237 Å². The van der Waals surface area contributed by atoms with E-state index in [1.807, 2.05) is 0 Å². The molecule has 0 heterocycles. The van der Waals surface area contributed by atoms with Crippen molar-refractivity contribution in [2.24, 2.45) is 23.7 Å². The number of esters is 4. The number of phosphoric acid groups is 2. The van der Waals surface area contributed by atoms with Gasteiger partial charge in [-0.25, -0.2) is 9.13 Å². The smallest absolute Gasteiger partial charge is 0.462 e. The van der Waals surface area contributed by atoms with Gasteiger partial charge in [0.25, 0.3) is 0 Å². The van der Waals surface area contributed by atoms with E-state index in [1.165, 1.54) is 180 Å². The Morgan fingerprint density at radius 1 is 0.298 bits per heavy atom. The summed E-state index contributed by atoms with van der Waals surface area (Å²) in [6.45, 7) is 14.3. The molecule has 19 heteroatoms. The Morgan fingerprint density at radius 2 is 0.511 bits per heavy atom. The highest BCUT2D eigenvalue weighted by atomic mass is 31.2. The third-order valence-corrected chi connectivity index (χ3v) is 20.3. The Labute approximate surface area is 575 Å². The van der Waals surface area contributed by atoms with Gasteiger partial charge < -0.3 is 33.8 Å². The van der Waals surface area contributed by atoms with E-state index in [-0.39, 0.29) is 25.7 Å². The molecule has 0 aromatic rings. The first kappa shape index (κ1) is 92.1. The van der Waals surface area contributed by atoms with Crippen LogP contribution < -0.4 is 0 Å². The molecule has 3 N–H and O–H groups in total. The molecule has 0 aromatic heterocycles. The largest absolute Gasteiger partial charge is 0.472 e. The fourth-order valence-electron chi connectivity index (χ4n) is 11.3. The molecule has 0 aliphatic rings. The fourth-order valence-corrected chi connectivity index (χ4v) is 12.9. The molecule has 8 atom stereocenters. The second-order valence-corrected chi connectivity index (χ2v) is 31.1. The summed E-state index contributed by atoms with van der Waals surface area (Å²) in [5.74, 6) is 1.04. The third kappa shape index (κ3) is 64.7. The summed E-state index contributed by atoms with van der Waals surface area (Å²) >= 11 is 0. The van der Waals surface area contributed by atoms with E-state index < -0.39 is 97.5 Å². The number of aliphatic hydroxyl groups excluding tert-OH is 1. The Kier molecular flexibility index (Phi) is 63.1. The maximum atomic E-state index is 13.1. The number of hydrogen-bond donors (Lipinski definition) is 3. The quantitative estimate of drug-likeness (QED) is 0.0222. The van der Waals surface area contributed by atoms with Gasteiger partial charge >= 0.3 is 39.5 Å². The second kappa shape index (κ2) is 64.4. The average Bonchev–Trinajstić information content (AvgIpc) is 1.96. The Morgan fingerprint density at radius 3 is 0.755 bits per heavy atom. The molecule has 0 aromatic carbocycles. The predicted molar refractivity (Wildman–Crippen MR) is 381 cm³/mol. The minimum absolute atomic E-state index is 0.105. The van der Waals surface area contributed by atoms with Crippen LogP contribution in [-0.2, 0) is 65.4 Å². The van der Waals surface area contributed by atoms with Crippen LogP contribution in [0.25, 0.3) is 0 Å². The lowest BCUT2D eigenvalue weighted by Gasteiger charge is -2.21. The molecule has 0 saturated heterocycles. The zero-order chi connectivity index (χ0) is 69.6. The van der Waals surface area contributed by atoms with Gasteiger partial charge in [0.1, 0.15) is 19.3 Å². The van der Waals surface area contributed by atoms with Crippen molar-refractivity contribution < 1.29 is 80.2 Å². The number of ether oxygens (including phenoxy) is 4. The first-order valence-corrected chi connectivity index (χ1v) is 41.8. The zero-order valence-corrected chi connectivity index (χ0v) is 63.4. The molecule has 0 fully saturated rings. The summed E-state index contributed by atoms with van der Waals surface area (Å²) in [6.07, 6.45) is 48.3. The normalized spacial score (nSPS) is 15.0. The Hall–Kier alpha value is -1.94. The summed E-state index contributed by atoms with van der Waals surface area (Å²) in [7, 11) is -9.91. The molecule has 17 nitrogen and oxygen atoms in total. The number of phosphoric ester groups is 2. The minimum Gasteiger partial charge on any atom is -0.462 e. The third-order valence-electron chi connectivity index (χ3n) is 18.4. The van der Waals surface area contributed by atoms with Gasteiger partial charge in [0, 0.05) is 25.7 Å². The summed E-state index contributed by atoms with van der Waals surface area (Å²) in [5, 5.41) is 10.6. The van der Waals surface area contributed by atoms with Crippen LogP contribution in [0.4, 0.5) is 0 Å². The summed E-state index contributed by atoms with van der Waals surface area (Å²) < 4.78 is 68.5. The van der Waals surface area contributed by atoms with Crippen LogP contribution in [0.1, 0.15) is 376 Å². The Balaban J connectivity index is 5.29. The number of carbonyl (C=O) groups is 4. The van der Waals surface area contributed by atoms with E-state index in [4.69, 9.17) is 37.0 Å². The second-order valence-electron chi connectivity index (χ2n) is 28.2. The van der Waals surface area contributed by atoms with E-state index in [0.717, 1.165) is 114 Å². The van der Waals surface area contributed by atoms with Crippen molar-refractivity contribution in [1.29, 1.82) is 0 Å². The van der Waals surface area contributed by atoms with Crippen LogP contribution in [0.3, 0.4) is 0 Å². The van der Waals surface area contributed by atoms with E-state index in [0.29, 0.717) is 25.7 Å². The van der Waals surface area contributed by atoms with Crippen LogP contribution in [0.5, 0.6) is 0 Å². The number of aliphatic hydroxyl groups is 1. The monoisotopic (exact) mass is 1380 g/mol. The van der Waals surface area contributed by atoms with Crippen molar-refractivity contribution in [2.75, 3.05) is 39.6 Å². The summed E-state index contributed by atoms with van der Waals surface area (Å²) in [4.78, 5) is 72.8. The molecule has 0 spiro atoms. The highest BCUT2D eigenvalue weighted by Gasteiger charge is 2.30. The van der Waals surface area contributed by atoms with Gasteiger partial charge in [0.05, 0.1) is 26.4 Å². The van der Waals surface area contributed by atoms with E-state index in [2.05, 4.69) is 55.4 Å². The van der Waals surface area contributed by atoms with Gasteiger partial charge in [-0.15, -0.1) is 0 Å². The number of carbonyl (C=O) groups excluding carboxylic acids is 4. The van der Waals surface area contributed by atoms with Crippen LogP contribution in [0, 0.1) is 23.7 Å². The number of hydrogen-bond acceptors (Lipinski definition) is 15. The van der Waals surface area contributed by atoms with Crippen LogP contribution in [-0.4, -0.2) is 96.7 Å². The summed E-state index contributed by atoms with van der Waals surface area (Å²) in [5.41, 5.74) is 0. The Bertz CT molecular complexity index is 1860. The maximum Gasteiger partial charge on any atom is 0.472 e. The number of rotatable bonds is 72. The van der Waals surface area contributed by atoms with Gasteiger partial charge in [-0.1, -0.05) is 325 Å². The lowest BCUT2D eigenvalue weighted by atomic mass is 9.99. The van der Waals surface area contributed by atoms with Crippen molar-refractivity contribution in [3.63, 3.8) is 0 Å². The van der Waals surface area contributed by atoms with Crippen molar-refractivity contribution in [1.82, 2.24) is 0 Å². The lowest BCUT2D eigenvalue weighted by Crippen LogP contribution is -2.30. The molecular weight excluding hydrogens is 1230 g/mol. The molecule has 94 heavy (non-hydrogen) atoms. The molecule has 5 unspecified atom stereocenters. The molecule has 0 radical (unpaired) electrons. The van der Waals surface area contributed by atoms with Gasteiger partial charge in [-0.2, -0.15) is 0 Å². The maximum absolute atomic E-state index is 13.1. The van der Waals surface area contributed by atoms with Crippen molar-refractivity contribution in [3.8, 4) is 0 Å². The van der Waals surface area contributed by atoms with E-state index >= 15 is 0 Å². The van der Waals surface area contributed by atoms with Crippen molar-refractivity contribution >= 4 is 39.5 Å². The van der Waals surface area contributed by atoms with Gasteiger partial charge in [0.2, 0.25) is 0 Å². The van der Waals surface area contributed by atoms with Crippen LogP contribution in [0.15, 0.2) is 0 Å². The molecule has 0 aliphatic heterocycles. The number of unbranched alkanes of at least 4 members (excludes halogenated alkanes) is 35. The molecule has 0 saturated carbocycles. The SMILES string of the molecule is CCC(C)CCCCCCCCCCCCC(=O)OC[C@H](COP(=O)(O)OC[C@@H](O)COP(=O)(O)OC[C@@H](COC(=O)CCCCCCCCCCCC(C)C)OC(=O)CCCCCCCCCCCCC(C)CC)OC(=O)CCCCCCCCCCCCC(C)CC. The van der Waals surface area contributed by atoms with Crippen LogP contribution >= 0.6 is 15.6 Å². The first-order valence-electron chi connectivity index (χ1n) is 38.8. The zero-order valence-electron chi connectivity index (χ0n) is 61.6. The van der Waals surface area contributed by atoms with Crippen molar-refractivity contribution in [3.05, 3.63) is 0 Å². The van der Waals surface area contributed by atoms with Crippen molar-refractivity contribution in [2.45, 2.75) is 395 Å². The minimum atomic E-state index is -4.96. The highest BCUT2D eigenvalue weighted by molar-refractivity contribution is 7.47. The average molecular weight is 1380 g/mol. The first-order chi connectivity index (χ1) is 45.2. The molecule has 0 aliphatic carbocycles. The van der Waals surface area contributed by atoms with E-state index in [9.17, 15) is 43.2 Å². The van der Waals surface area contributed by atoms with Gasteiger partial charge in [-0.05, 0) is 49.4 Å². The van der Waals surface area contributed by atoms with Gasteiger partial charge in [-0.3, -0.25) is 37.3 Å². The van der Waals surface area contributed by atoms with Gasteiger partial charge in [0.15, 0.2) is 12.2 Å². The highest BCUT2D eigenvalue weighted by Crippen LogP contribution is 2.45. The summed E-state index contributed by atoms with van der Waals surface area (Å²) in [6, 6.07) is 0. The molecular formula is C75H146O17P2. The standard InChI is InChI=1S/C75H146O17P2/c1-9-66(6)52-44-36-28-20-12-15-23-31-39-47-55-72(77)85-61-70(91-74(79)57-49-41-33-24-16-13-21-29-37-45-53-67(7)10-2)63-89-93(81,82)87-59-69(76)60-88-94(83,84)90-64-71(62-86-73(78)56-48-40-32-26-18-19-27-35-43-51-65(4)5)92-75(80)58-50-42-34-25-17-14-22-30-38-46-54-68(8)11-3/h65-71,76H,9-64H2,1-8H3,(H,81,82)(H,83,84)/t66?,67?,68?,69-,70-,71-/m1/s1.